The summed E-state index contributed by atoms with van der Waals surface area (Å²) in [5, 5.41) is 3.10. The number of carbonyl (C=O) groups is 1. The SMILES string of the molecule is Cc1cc(Br)ccc1OCC(=O)Nc1cc(N)ccc1Cl. The number of nitrogen functional groups attached to an aromatic ring is 1. The third-order valence-electron chi connectivity index (χ3n) is 2.76. The van der Waals surface area contributed by atoms with Gasteiger partial charge in [0.15, 0.2) is 6.61 Å². The maximum atomic E-state index is 11.9. The lowest BCUT2D eigenvalue weighted by molar-refractivity contribution is -0.118. The molecule has 0 saturated heterocycles. The summed E-state index contributed by atoms with van der Waals surface area (Å²) in [5.41, 5.74) is 7.60. The van der Waals surface area contributed by atoms with Gasteiger partial charge in [-0.05, 0) is 48.9 Å². The zero-order chi connectivity index (χ0) is 15.4. The summed E-state index contributed by atoms with van der Waals surface area (Å²) >= 11 is 9.36. The molecule has 2 aromatic rings. The molecule has 0 aliphatic rings. The minimum Gasteiger partial charge on any atom is -0.483 e. The van der Waals surface area contributed by atoms with Crippen LogP contribution >= 0.6 is 27.5 Å². The van der Waals surface area contributed by atoms with Gasteiger partial charge in [-0.1, -0.05) is 27.5 Å². The van der Waals surface area contributed by atoms with Crippen LogP contribution in [-0.4, -0.2) is 12.5 Å². The highest BCUT2D eigenvalue weighted by molar-refractivity contribution is 9.10. The van der Waals surface area contributed by atoms with E-state index in [4.69, 9.17) is 22.1 Å². The molecule has 3 N–H and O–H groups in total. The Balaban J connectivity index is 1.97. The van der Waals surface area contributed by atoms with Crippen LogP contribution in [0.1, 0.15) is 5.56 Å². The summed E-state index contributed by atoms with van der Waals surface area (Å²) in [6, 6.07) is 10.5. The van der Waals surface area contributed by atoms with E-state index < -0.39 is 0 Å². The van der Waals surface area contributed by atoms with E-state index in [2.05, 4.69) is 21.2 Å². The second-order valence-corrected chi connectivity index (χ2v) is 5.81. The summed E-state index contributed by atoms with van der Waals surface area (Å²) in [6.45, 7) is 1.81. The molecule has 0 unspecified atom stereocenters. The number of nitrogens with two attached hydrogens (primary N) is 1. The number of halogens is 2. The highest BCUT2D eigenvalue weighted by atomic mass is 79.9. The van der Waals surface area contributed by atoms with Crippen molar-refractivity contribution in [3.8, 4) is 5.75 Å². The fraction of sp³-hybridized carbons (Fsp3) is 0.133. The molecule has 2 rings (SSSR count). The van der Waals surface area contributed by atoms with Crippen LogP contribution in [-0.2, 0) is 4.79 Å². The van der Waals surface area contributed by atoms with Crippen molar-refractivity contribution in [1.82, 2.24) is 0 Å². The number of anilines is 2. The smallest absolute Gasteiger partial charge is 0.262 e. The van der Waals surface area contributed by atoms with Crippen molar-refractivity contribution in [3.63, 3.8) is 0 Å². The van der Waals surface area contributed by atoms with Crippen molar-refractivity contribution in [3.05, 3.63) is 51.5 Å². The molecule has 0 aliphatic heterocycles. The Morgan fingerprint density at radius 3 is 2.81 bits per heavy atom. The predicted molar refractivity (Wildman–Crippen MR) is 88.9 cm³/mol. The fourth-order valence-corrected chi connectivity index (χ4v) is 2.38. The first-order valence-corrected chi connectivity index (χ1v) is 7.36. The first-order valence-electron chi connectivity index (χ1n) is 6.19. The van der Waals surface area contributed by atoms with Crippen LogP contribution < -0.4 is 15.8 Å². The molecule has 6 heteroatoms. The van der Waals surface area contributed by atoms with Crippen molar-refractivity contribution >= 4 is 44.8 Å². The highest BCUT2D eigenvalue weighted by Gasteiger charge is 2.08. The molecular formula is C15H14BrClN2O2. The van der Waals surface area contributed by atoms with E-state index >= 15 is 0 Å². The fourth-order valence-electron chi connectivity index (χ4n) is 1.74. The molecule has 2 aromatic carbocycles. The highest BCUT2D eigenvalue weighted by Crippen LogP contribution is 2.24. The van der Waals surface area contributed by atoms with Crippen molar-refractivity contribution in [1.29, 1.82) is 0 Å². The summed E-state index contributed by atoms with van der Waals surface area (Å²) in [7, 11) is 0. The van der Waals surface area contributed by atoms with Gasteiger partial charge in [-0.2, -0.15) is 0 Å². The Morgan fingerprint density at radius 2 is 2.10 bits per heavy atom. The third kappa shape index (κ3) is 4.37. The Hall–Kier alpha value is -1.72. The van der Waals surface area contributed by atoms with E-state index in [1.54, 1.807) is 24.3 Å². The minimum absolute atomic E-state index is 0.104. The van der Waals surface area contributed by atoms with Gasteiger partial charge in [-0.15, -0.1) is 0 Å². The Bertz CT molecular complexity index is 677. The van der Waals surface area contributed by atoms with Crippen LogP contribution in [0.15, 0.2) is 40.9 Å². The van der Waals surface area contributed by atoms with Crippen LogP contribution in [0.25, 0.3) is 0 Å². The lowest BCUT2D eigenvalue weighted by Gasteiger charge is -2.11. The molecule has 0 aromatic heterocycles. The lowest BCUT2D eigenvalue weighted by Crippen LogP contribution is -2.20. The molecule has 0 spiro atoms. The molecule has 0 radical (unpaired) electrons. The summed E-state index contributed by atoms with van der Waals surface area (Å²) in [6.07, 6.45) is 0. The number of hydrogen-bond acceptors (Lipinski definition) is 3. The molecule has 4 nitrogen and oxygen atoms in total. The number of aryl methyl sites for hydroxylation is 1. The van der Waals surface area contributed by atoms with Crippen LogP contribution in [0.4, 0.5) is 11.4 Å². The number of ether oxygens (including phenoxy) is 1. The van der Waals surface area contributed by atoms with E-state index in [0.29, 0.717) is 22.1 Å². The van der Waals surface area contributed by atoms with Gasteiger partial charge in [0.2, 0.25) is 0 Å². The van der Waals surface area contributed by atoms with Crippen LogP contribution in [0.5, 0.6) is 5.75 Å². The standard InChI is InChI=1S/C15H14BrClN2O2/c1-9-6-10(16)2-5-14(9)21-8-15(20)19-13-7-11(18)3-4-12(13)17/h2-7H,8,18H2,1H3,(H,19,20). The van der Waals surface area contributed by atoms with Gasteiger partial charge in [-0.25, -0.2) is 0 Å². The molecule has 0 heterocycles. The number of hydrogen-bond donors (Lipinski definition) is 2. The predicted octanol–water partition coefficient (Wildman–Crippen LogP) is 4.01. The largest absolute Gasteiger partial charge is 0.483 e. The molecule has 1 amide bonds. The number of benzene rings is 2. The maximum absolute atomic E-state index is 11.9. The Labute approximate surface area is 136 Å². The Morgan fingerprint density at radius 1 is 1.33 bits per heavy atom. The second kappa shape index (κ2) is 6.83. The topological polar surface area (TPSA) is 64.3 Å². The maximum Gasteiger partial charge on any atom is 0.262 e. The number of amides is 1. The van der Waals surface area contributed by atoms with Crippen LogP contribution in [0.3, 0.4) is 0 Å². The summed E-state index contributed by atoms with van der Waals surface area (Å²) < 4.78 is 6.45. The average Bonchev–Trinajstić information content (AvgIpc) is 2.42. The van der Waals surface area contributed by atoms with E-state index in [1.165, 1.54) is 0 Å². The van der Waals surface area contributed by atoms with E-state index in [9.17, 15) is 4.79 Å². The van der Waals surface area contributed by atoms with Gasteiger partial charge in [0.1, 0.15) is 5.75 Å². The molecule has 0 aliphatic carbocycles. The molecule has 0 saturated carbocycles. The normalized spacial score (nSPS) is 10.2. The van der Waals surface area contributed by atoms with E-state index in [1.807, 2.05) is 19.1 Å². The summed E-state index contributed by atoms with van der Waals surface area (Å²) in [4.78, 5) is 11.9. The van der Waals surface area contributed by atoms with Crippen LogP contribution in [0.2, 0.25) is 5.02 Å². The molecule has 110 valence electrons. The van der Waals surface area contributed by atoms with E-state index in [0.717, 1.165) is 10.0 Å². The zero-order valence-electron chi connectivity index (χ0n) is 11.3. The second-order valence-electron chi connectivity index (χ2n) is 4.49. The van der Waals surface area contributed by atoms with Gasteiger partial charge < -0.3 is 15.8 Å². The van der Waals surface area contributed by atoms with Crippen molar-refractivity contribution < 1.29 is 9.53 Å². The van der Waals surface area contributed by atoms with Gasteiger partial charge in [-0.3, -0.25) is 4.79 Å². The first kappa shape index (κ1) is 15.7. The van der Waals surface area contributed by atoms with Gasteiger partial charge >= 0.3 is 0 Å². The van der Waals surface area contributed by atoms with Gasteiger partial charge in [0, 0.05) is 10.2 Å². The van der Waals surface area contributed by atoms with Crippen LogP contribution in [0, 0.1) is 6.92 Å². The van der Waals surface area contributed by atoms with Crippen molar-refractivity contribution in [2.75, 3.05) is 17.7 Å². The average molecular weight is 370 g/mol. The Kier molecular flexibility index (Phi) is 5.09. The van der Waals surface area contributed by atoms with Gasteiger partial charge in [0.05, 0.1) is 10.7 Å². The third-order valence-corrected chi connectivity index (χ3v) is 3.58. The number of nitrogens with one attached hydrogen (secondary N) is 1. The first-order chi connectivity index (χ1) is 9.95. The number of carbonyl (C=O) groups excluding carboxylic acids is 1. The monoisotopic (exact) mass is 368 g/mol. The molecule has 0 atom stereocenters. The molecule has 0 fully saturated rings. The molecule has 21 heavy (non-hydrogen) atoms. The van der Waals surface area contributed by atoms with E-state index in [-0.39, 0.29) is 12.5 Å². The number of rotatable bonds is 4. The quantitative estimate of drug-likeness (QED) is 0.800. The lowest BCUT2D eigenvalue weighted by atomic mass is 10.2. The zero-order valence-corrected chi connectivity index (χ0v) is 13.7. The summed E-state index contributed by atoms with van der Waals surface area (Å²) in [5.74, 6) is 0.358. The van der Waals surface area contributed by atoms with Gasteiger partial charge in [0.25, 0.3) is 5.91 Å². The van der Waals surface area contributed by atoms with Crippen molar-refractivity contribution in [2.24, 2.45) is 0 Å². The minimum atomic E-state index is -0.301. The van der Waals surface area contributed by atoms with Crippen molar-refractivity contribution in [2.45, 2.75) is 6.92 Å². The molecule has 0 bridgehead atoms. The molecular weight excluding hydrogens is 356 g/mol.